The fourth-order valence-electron chi connectivity index (χ4n) is 1.73. The van der Waals surface area contributed by atoms with Crippen molar-refractivity contribution in [3.8, 4) is 0 Å². The average molecular weight is 221 g/mol. The van der Waals surface area contributed by atoms with Crippen LogP contribution in [-0.4, -0.2) is 29.1 Å². The number of carboxylic acids is 1. The first kappa shape index (κ1) is 12.7. The van der Waals surface area contributed by atoms with Gasteiger partial charge in [-0.25, -0.2) is 4.79 Å². The lowest BCUT2D eigenvalue weighted by Crippen LogP contribution is -2.23. The molecule has 0 heterocycles. The topological polar surface area (TPSA) is 40.5 Å². The maximum Gasteiger partial charge on any atom is 0.335 e. The zero-order valence-electron chi connectivity index (χ0n) is 9.94. The largest absolute Gasteiger partial charge is 0.478 e. The third kappa shape index (κ3) is 3.66. The van der Waals surface area contributed by atoms with Crippen LogP contribution in [0.3, 0.4) is 0 Å². The molecule has 1 aromatic rings. The Labute approximate surface area is 96.7 Å². The molecule has 0 aliphatic heterocycles. The van der Waals surface area contributed by atoms with E-state index in [1.165, 1.54) is 0 Å². The molecule has 0 aliphatic rings. The highest BCUT2D eigenvalue weighted by molar-refractivity contribution is 5.87. The van der Waals surface area contributed by atoms with Crippen LogP contribution in [-0.2, 0) is 6.54 Å². The van der Waals surface area contributed by atoms with Gasteiger partial charge >= 0.3 is 5.97 Å². The van der Waals surface area contributed by atoms with Gasteiger partial charge in [-0.2, -0.15) is 0 Å². The first-order valence-electron chi connectivity index (χ1n) is 5.72. The third-order valence-corrected chi connectivity index (χ3v) is 2.57. The van der Waals surface area contributed by atoms with Crippen LogP contribution in [0.25, 0.3) is 0 Å². The molecule has 16 heavy (non-hydrogen) atoms. The van der Waals surface area contributed by atoms with E-state index in [4.69, 9.17) is 5.11 Å². The van der Waals surface area contributed by atoms with Gasteiger partial charge in [-0.05, 0) is 37.2 Å². The van der Waals surface area contributed by atoms with Gasteiger partial charge in [-0.3, -0.25) is 4.90 Å². The summed E-state index contributed by atoms with van der Waals surface area (Å²) >= 11 is 0. The Morgan fingerprint density at radius 1 is 1.38 bits per heavy atom. The van der Waals surface area contributed by atoms with E-state index in [1.807, 2.05) is 6.07 Å². The Morgan fingerprint density at radius 2 is 2.12 bits per heavy atom. The van der Waals surface area contributed by atoms with Crippen LogP contribution >= 0.6 is 0 Å². The Bertz CT molecular complexity index is 350. The summed E-state index contributed by atoms with van der Waals surface area (Å²) in [4.78, 5) is 13.1. The van der Waals surface area contributed by atoms with Gasteiger partial charge in [-0.15, -0.1) is 0 Å². The number of carboxylic acid groups (broad SMARTS) is 1. The van der Waals surface area contributed by atoms with Crippen molar-refractivity contribution in [2.75, 3.05) is 13.1 Å². The Balaban J connectivity index is 2.72. The minimum atomic E-state index is -0.861. The number of rotatable bonds is 6. The summed E-state index contributed by atoms with van der Waals surface area (Å²) in [5, 5.41) is 8.89. The van der Waals surface area contributed by atoms with Crippen molar-refractivity contribution in [3.63, 3.8) is 0 Å². The smallest absolute Gasteiger partial charge is 0.335 e. The molecule has 0 amide bonds. The Kier molecular flexibility index (Phi) is 4.99. The van der Waals surface area contributed by atoms with E-state index in [-0.39, 0.29) is 0 Å². The second-order valence-corrected chi connectivity index (χ2v) is 3.87. The molecule has 0 saturated heterocycles. The molecule has 0 unspecified atom stereocenters. The van der Waals surface area contributed by atoms with E-state index < -0.39 is 5.97 Å². The van der Waals surface area contributed by atoms with Crippen molar-refractivity contribution in [1.82, 2.24) is 4.90 Å². The molecule has 3 heteroatoms. The fraction of sp³-hybridized carbons (Fsp3) is 0.462. The monoisotopic (exact) mass is 221 g/mol. The number of nitrogens with zero attached hydrogens (tertiary/aromatic N) is 1. The van der Waals surface area contributed by atoms with Gasteiger partial charge in [0.15, 0.2) is 0 Å². The molecule has 0 aliphatic carbocycles. The molecule has 0 spiro atoms. The summed E-state index contributed by atoms with van der Waals surface area (Å²) in [5.41, 5.74) is 1.43. The molecule has 1 N–H and O–H groups in total. The molecule has 88 valence electrons. The third-order valence-electron chi connectivity index (χ3n) is 2.57. The molecule has 0 bridgehead atoms. The van der Waals surface area contributed by atoms with Crippen LogP contribution in [0.1, 0.15) is 36.2 Å². The quantitative estimate of drug-likeness (QED) is 0.802. The Hall–Kier alpha value is -1.35. The first-order valence-corrected chi connectivity index (χ1v) is 5.72. The van der Waals surface area contributed by atoms with Crippen molar-refractivity contribution < 1.29 is 9.90 Å². The number of aromatic carboxylic acids is 1. The molecule has 1 rings (SSSR count). The number of hydrogen-bond acceptors (Lipinski definition) is 2. The highest BCUT2D eigenvalue weighted by atomic mass is 16.4. The molecule has 1 aromatic carbocycles. The van der Waals surface area contributed by atoms with Crippen LogP contribution in [0.2, 0.25) is 0 Å². The van der Waals surface area contributed by atoms with E-state index in [0.717, 1.165) is 31.6 Å². The average Bonchev–Trinajstić information content (AvgIpc) is 2.29. The summed E-state index contributed by atoms with van der Waals surface area (Å²) in [7, 11) is 0. The highest BCUT2D eigenvalue weighted by Crippen LogP contribution is 2.08. The highest BCUT2D eigenvalue weighted by Gasteiger charge is 2.06. The van der Waals surface area contributed by atoms with Crippen LogP contribution in [0, 0.1) is 0 Å². The predicted molar refractivity (Wildman–Crippen MR) is 64.6 cm³/mol. The normalized spacial score (nSPS) is 10.7. The van der Waals surface area contributed by atoms with Crippen molar-refractivity contribution in [1.29, 1.82) is 0 Å². The molecule has 0 atom stereocenters. The lowest BCUT2D eigenvalue weighted by molar-refractivity contribution is 0.0696. The van der Waals surface area contributed by atoms with Crippen molar-refractivity contribution >= 4 is 5.97 Å². The van der Waals surface area contributed by atoms with Crippen molar-refractivity contribution in [2.45, 2.75) is 26.8 Å². The Morgan fingerprint density at radius 3 is 2.69 bits per heavy atom. The van der Waals surface area contributed by atoms with Gasteiger partial charge in [0.25, 0.3) is 0 Å². The summed E-state index contributed by atoms with van der Waals surface area (Å²) in [5.74, 6) is -0.861. The van der Waals surface area contributed by atoms with E-state index in [1.54, 1.807) is 18.2 Å². The van der Waals surface area contributed by atoms with Gasteiger partial charge in [0.2, 0.25) is 0 Å². The van der Waals surface area contributed by atoms with Crippen LogP contribution in [0.15, 0.2) is 24.3 Å². The van der Waals surface area contributed by atoms with E-state index in [2.05, 4.69) is 18.7 Å². The van der Waals surface area contributed by atoms with Gasteiger partial charge in [0.05, 0.1) is 5.56 Å². The summed E-state index contributed by atoms with van der Waals surface area (Å²) in [6, 6.07) is 7.16. The standard InChI is InChI=1S/C13H19NO2/c1-3-8-14(4-2)10-11-6-5-7-12(9-11)13(15)16/h5-7,9H,3-4,8,10H2,1-2H3,(H,15,16). The predicted octanol–water partition coefficient (Wildman–Crippen LogP) is 2.62. The van der Waals surface area contributed by atoms with Gasteiger partial charge < -0.3 is 5.11 Å². The summed E-state index contributed by atoms with van der Waals surface area (Å²) < 4.78 is 0. The zero-order valence-corrected chi connectivity index (χ0v) is 9.94. The van der Waals surface area contributed by atoms with Crippen LogP contribution < -0.4 is 0 Å². The molecule has 0 fully saturated rings. The lowest BCUT2D eigenvalue weighted by Gasteiger charge is -2.19. The minimum absolute atomic E-state index is 0.366. The molecule has 0 saturated carbocycles. The molecule has 0 aromatic heterocycles. The second kappa shape index (κ2) is 6.28. The number of carbonyl (C=O) groups is 1. The number of benzene rings is 1. The zero-order chi connectivity index (χ0) is 12.0. The summed E-state index contributed by atoms with van der Waals surface area (Å²) in [6.45, 7) is 7.14. The fourth-order valence-corrected chi connectivity index (χ4v) is 1.73. The van der Waals surface area contributed by atoms with Crippen LogP contribution in [0.4, 0.5) is 0 Å². The summed E-state index contributed by atoms with van der Waals surface area (Å²) in [6.07, 6.45) is 1.12. The van der Waals surface area contributed by atoms with Crippen molar-refractivity contribution in [2.24, 2.45) is 0 Å². The van der Waals surface area contributed by atoms with E-state index in [0.29, 0.717) is 5.56 Å². The lowest BCUT2D eigenvalue weighted by atomic mass is 10.1. The molecule has 3 nitrogen and oxygen atoms in total. The SMILES string of the molecule is CCCN(CC)Cc1cccc(C(=O)O)c1. The molecule has 0 radical (unpaired) electrons. The minimum Gasteiger partial charge on any atom is -0.478 e. The molecular formula is C13H19NO2. The second-order valence-electron chi connectivity index (χ2n) is 3.87. The van der Waals surface area contributed by atoms with Crippen molar-refractivity contribution in [3.05, 3.63) is 35.4 Å². The molecular weight excluding hydrogens is 202 g/mol. The number of hydrogen-bond donors (Lipinski definition) is 1. The van der Waals surface area contributed by atoms with Crippen LogP contribution in [0.5, 0.6) is 0 Å². The van der Waals surface area contributed by atoms with E-state index in [9.17, 15) is 4.79 Å². The maximum atomic E-state index is 10.8. The maximum absolute atomic E-state index is 10.8. The first-order chi connectivity index (χ1) is 7.67. The van der Waals surface area contributed by atoms with E-state index >= 15 is 0 Å². The van der Waals surface area contributed by atoms with Gasteiger partial charge in [-0.1, -0.05) is 26.0 Å². The van der Waals surface area contributed by atoms with Gasteiger partial charge in [0.1, 0.15) is 0 Å². The van der Waals surface area contributed by atoms with Gasteiger partial charge in [0, 0.05) is 6.54 Å².